The minimum atomic E-state index is -0.863. The Labute approximate surface area is 77.8 Å². The van der Waals surface area contributed by atoms with Crippen molar-refractivity contribution in [1.82, 2.24) is 0 Å². The monoisotopic (exact) mass is 184 g/mol. The second kappa shape index (κ2) is 2.27. The molecule has 0 saturated heterocycles. The highest BCUT2D eigenvalue weighted by molar-refractivity contribution is 5.78. The van der Waals surface area contributed by atoms with Gasteiger partial charge in [0, 0.05) is 0 Å². The van der Waals surface area contributed by atoms with Crippen molar-refractivity contribution < 1.29 is 15.0 Å². The van der Waals surface area contributed by atoms with Crippen molar-refractivity contribution in [2.75, 3.05) is 0 Å². The molecule has 0 radical (unpaired) electrons. The summed E-state index contributed by atoms with van der Waals surface area (Å²) in [5.41, 5.74) is -1.10. The van der Waals surface area contributed by atoms with Gasteiger partial charge in [-0.2, -0.15) is 0 Å². The molecule has 2 aliphatic rings. The van der Waals surface area contributed by atoms with Gasteiger partial charge >= 0.3 is 5.97 Å². The fourth-order valence-electron chi connectivity index (χ4n) is 3.45. The Morgan fingerprint density at radius 1 is 1.46 bits per heavy atom. The van der Waals surface area contributed by atoms with Gasteiger partial charge in [0.2, 0.25) is 0 Å². The van der Waals surface area contributed by atoms with Crippen LogP contribution in [0.5, 0.6) is 0 Å². The van der Waals surface area contributed by atoms with Gasteiger partial charge in [-0.3, -0.25) is 4.79 Å². The summed E-state index contributed by atoms with van der Waals surface area (Å²) in [5.74, 6) is -0.427. The van der Waals surface area contributed by atoms with Crippen LogP contribution in [0.2, 0.25) is 0 Å². The predicted molar refractivity (Wildman–Crippen MR) is 47.2 cm³/mol. The summed E-state index contributed by atoms with van der Waals surface area (Å²) >= 11 is 0. The van der Waals surface area contributed by atoms with Crippen molar-refractivity contribution >= 4 is 5.97 Å². The summed E-state index contributed by atoms with van der Waals surface area (Å²) in [6.07, 6.45) is 1.62. The first-order valence-corrected chi connectivity index (χ1v) is 4.84. The van der Waals surface area contributed by atoms with Gasteiger partial charge in [-0.15, -0.1) is 0 Å². The fraction of sp³-hybridized carbons (Fsp3) is 0.900. The highest BCUT2D eigenvalue weighted by Crippen LogP contribution is 2.65. The number of carbonyl (C=O) groups is 1. The lowest BCUT2D eigenvalue weighted by Crippen LogP contribution is -2.45. The molecule has 0 aliphatic heterocycles. The summed E-state index contributed by atoms with van der Waals surface area (Å²) in [6.45, 7) is 3.96. The number of carboxylic acid groups (broad SMARTS) is 1. The third-order valence-electron chi connectivity index (χ3n) is 4.52. The molecule has 74 valence electrons. The van der Waals surface area contributed by atoms with Crippen LogP contribution in [0.25, 0.3) is 0 Å². The lowest BCUT2D eigenvalue weighted by molar-refractivity contribution is -0.161. The van der Waals surface area contributed by atoms with Crippen molar-refractivity contribution in [1.29, 1.82) is 0 Å². The minimum Gasteiger partial charge on any atom is -0.481 e. The molecule has 2 aliphatic carbocycles. The number of aliphatic carboxylic acids is 1. The van der Waals surface area contributed by atoms with E-state index in [9.17, 15) is 15.0 Å². The normalized spacial score (nSPS) is 46.7. The Morgan fingerprint density at radius 3 is 2.31 bits per heavy atom. The second-order valence-electron chi connectivity index (χ2n) is 4.99. The summed E-state index contributed by atoms with van der Waals surface area (Å²) in [6, 6.07) is 0. The first kappa shape index (κ1) is 9.00. The number of aliphatic hydroxyl groups is 1. The molecule has 3 nitrogen and oxygen atoms in total. The van der Waals surface area contributed by atoms with E-state index in [1.165, 1.54) is 0 Å². The molecule has 3 heteroatoms. The lowest BCUT2D eigenvalue weighted by atomic mass is 9.68. The largest absolute Gasteiger partial charge is 0.481 e. The highest BCUT2D eigenvalue weighted by atomic mass is 16.4. The zero-order valence-corrected chi connectivity index (χ0v) is 8.08. The molecule has 2 saturated carbocycles. The summed E-state index contributed by atoms with van der Waals surface area (Å²) in [4.78, 5) is 11.2. The number of hydrogen-bond acceptors (Lipinski definition) is 2. The predicted octanol–water partition coefficient (Wildman–Crippen LogP) is 1.26. The molecule has 0 aromatic carbocycles. The van der Waals surface area contributed by atoms with Crippen LogP contribution in [0.1, 0.15) is 33.1 Å². The van der Waals surface area contributed by atoms with Gasteiger partial charge in [0.1, 0.15) is 0 Å². The molecular weight excluding hydrogens is 168 g/mol. The van der Waals surface area contributed by atoms with Gasteiger partial charge in [-0.25, -0.2) is 0 Å². The van der Waals surface area contributed by atoms with E-state index < -0.39 is 17.5 Å². The third-order valence-corrected chi connectivity index (χ3v) is 4.52. The zero-order valence-electron chi connectivity index (χ0n) is 8.08. The average molecular weight is 184 g/mol. The highest BCUT2D eigenvalue weighted by Gasteiger charge is 2.68. The fourth-order valence-corrected chi connectivity index (χ4v) is 3.45. The molecule has 0 aromatic rings. The van der Waals surface area contributed by atoms with Crippen molar-refractivity contribution in [2.45, 2.75) is 39.2 Å². The molecule has 0 spiro atoms. The zero-order chi connectivity index (χ0) is 9.85. The third kappa shape index (κ3) is 0.766. The van der Waals surface area contributed by atoms with Crippen LogP contribution < -0.4 is 0 Å². The van der Waals surface area contributed by atoms with Crippen molar-refractivity contribution in [3.8, 4) is 0 Å². The van der Waals surface area contributed by atoms with Crippen LogP contribution in [-0.2, 0) is 4.79 Å². The van der Waals surface area contributed by atoms with E-state index in [1.807, 2.05) is 13.8 Å². The van der Waals surface area contributed by atoms with Crippen molar-refractivity contribution in [3.05, 3.63) is 0 Å². The SMILES string of the molecule is CC1(C)[C@H]2CC[C@@]1(C(=O)O)[C@@H](O)C2. The second-order valence-corrected chi connectivity index (χ2v) is 4.99. The summed E-state index contributed by atoms with van der Waals surface area (Å²) in [7, 11) is 0. The van der Waals surface area contributed by atoms with Crippen LogP contribution >= 0.6 is 0 Å². The Kier molecular flexibility index (Phi) is 1.57. The topological polar surface area (TPSA) is 57.5 Å². The average Bonchev–Trinajstić information content (AvgIpc) is 2.35. The van der Waals surface area contributed by atoms with Gasteiger partial charge < -0.3 is 10.2 Å². The first-order valence-electron chi connectivity index (χ1n) is 4.84. The van der Waals surface area contributed by atoms with Crippen LogP contribution in [0.15, 0.2) is 0 Å². The lowest BCUT2D eigenvalue weighted by Gasteiger charge is -2.35. The minimum absolute atomic E-state index is 0.238. The maximum absolute atomic E-state index is 11.2. The molecule has 3 atom stereocenters. The Hall–Kier alpha value is -0.570. The van der Waals surface area contributed by atoms with Gasteiger partial charge in [0.25, 0.3) is 0 Å². The smallest absolute Gasteiger partial charge is 0.312 e. The number of carboxylic acids is 1. The number of fused-ring (bicyclic) bond motifs is 2. The molecule has 13 heavy (non-hydrogen) atoms. The van der Waals surface area contributed by atoms with E-state index in [0.29, 0.717) is 18.8 Å². The molecule has 2 bridgehead atoms. The number of aliphatic hydroxyl groups excluding tert-OH is 1. The van der Waals surface area contributed by atoms with E-state index in [0.717, 1.165) is 6.42 Å². The summed E-state index contributed by atoms with van der Waals surface area (Å²) in [5, 5.41) is 19.0. The van der Waals surface area contributed by atoms with Gasteiger partial charge in [-0.05, 0) is 30.6 Å². The summed E-state index contributed by atoms with van der Waals surface area (Å²) < 4.78 is 0. The van der Waals surface area contributed by atoms with Crippen LogP contribution in [0.3, 0.4) is 0 Å². The maximum atomic E-state index is 11.2. The molecule has 2 fully saturated rings. The van der Waals surface area contributed by atoms with Gasteiger partial charge in [-0.1, -0.05) is 13.8 Å². The molecule has 0 amide bonds. The van der Waals surface area contributed by atoms with E-state index in [4.69, 9.17) is 0 Å². The molecule has 0 aromatic heterocycles. The van der Waals surface area contributed by atoms with Gasteiger partial charge in [0.15, 0.2) is 0 Å². The van der Waals surface area contributed by atoms with E-state index in [-0.39, 0.29) is 5.41 Å². The maximum Gasteiger partial charge on any atom is 0.312 e. The van der Waals surface area contributed by atoms with E-state index in [2.05, 4.69) is 0 Å². The van der Waals surface area contributed by atoms with E-state index in [1.54, 1.807) is 0 Å². The number of rotatable bonds is 1. The number of hydrogen-bond donors (Lipinski definition) is 2. The molecule has 2 N–H and O–H groups in total. The Morgan fingerprint density at radius 2 is 2.08 bits per heavy atom. The van der Waals surface area contributed by atoms with Crippen LogP contribution in [-0.4, -0.2) is 22.3 Å². The molecule has 2 rings (SSSR count). The Bertz CT molecular complexity index is 259. The van der Waals surface area contributed by atoms with Crippen LogP contribution in [0, 0.1) is 16.7 Å². The quantitative estimate of drug-likeness (QED) is 0.645. The molecular formula is C10H16O3. The first-order chi connectivity index (χ1) is 5.93. The Balaban J connectivity index is 2.49. The van der Waals surface area contributed by atoms with Crippen molar-refractivity contribution in [2.24, 2.45) is 16.7 Å². The molecule has 0 heterocycles. The van der Waals surface area contributed by atoms with Crippen LogP contribution in [0.4, 0.5) is 0 Å². The van der Waals surface area contributed by atoms with Gasteiger partial charge in [0.05, 0.1) is 11.5 Å². The molecule has 0 unspecified atom stereocenters. The standard InChI is InChI=1S/C10H16O3/c1-9(2)6-3-4-10(9,8(12)13)7(11)5-6/h6-7,11H,3-5H2,1-2H3,(H,12,13)/t6-,7-,10-/m0/s1. The van der Waals surface area contributed by atoms with E-state index >= 15 is 0 Å². The van der Waals surface area contributed by atoms with Crippen molar-refractivity contribution in [3.63, 3.8) is 0 Å².